The van der Waals surface area contributed by atoms with Crippen LogP contribution >= 0.6 is 15.9 Å². The highest BCUT2D eigenvalue weighted by Crippen LogP contribution is 2.13. The Morgan fingerprint density at radius 3 is 2.79 bits per heavy atom. The van der Waals surface area contributed by atoms with E-state index in [-0.39, 0.29) is 5.78 Å². The van der Waals surface area contributed by atoms with E-state index in [0.29, 0.717) is 31.0 Å². The van der Waals surface area contributed by atoms with E-state index < -0.39 is 0 Å². The number of nitrogens with zero attached hydrogens (tertiary/aromatic N) is 2. The zero-order valence-corrected chi connectivity index (χ0v) is 13.0. The Kier molecular flexibility index (Phi) is 6.75. The molecule has 0 bridgehead atoms. The highest BCUT2D eigenvalue weighted by atomic mass is 79.9. The van der Waals surface area contributed by atoms with Crippen molar-refractivity contribution in [1.82, 2.24) is 4.90 Å². The fraction of sp³-hybridized carbons (Fsp3) is 0.467. The van der Waals surface area contributed by atoms with E-state index in [1.54, 1.807) is 0 Å². The molecule has 0 unspecified atom stereocenters. The van der Waals surface area contributed by atoms with E-state index in [9.17, 15) is 4.79 Å². The molecule has 0 aromatic heterocycles. The van der Waals surface area contributed by atoms with Crippen LogP contribution in [-0.2, 0) is 0 Å². The second-order valence-corrected chi connectivity index (χ2v) is 5.89. The van der Waals surface area contributed by atoms with Crippen molar-refractivity contribution in [3.05, 3.63) is 34.3 Å². The Hall–Kier alpha value is -1.18. The van der Waals surface area contributed by atoms with Crippen molar-refractivity contribution in [2.75, 3.05) is 19.6 Å². The van der Waals surface area contributed by atoms with E-state index in [4.69, 9.17) is 5.26 Å². The quantitative estimate of drug-likeness (QED) is 0.721. The standard InChI is InChI=1S/C15H19BrN2O/c1-12(2)10-18(8-4-7-17)11-15(19)13-5-3-6-14(16)9-13/h3,5-6,9,12H,4,8,10-11H2,1-2H3. The van der Waals surface area contributed by atoms with Crippen molar-refractivity contribution in [1.29, 1.82) is 5.26 Å². The summed E-state index contributed by atoms with van der Waals surface area (Å²) in [6.45, 7) is 6.08. The maximum atomic E-state index is 12.2. The number of hydrogen-bond acceptors (Lipinski definition) is 3. The first-order valence-electron chi connectivity index (χ1n) is 6.41. The predicted molar refractivity (Wildman–Crippen MR) is 80.0 cm³/mol. The third kappa shape index (κ3) is 6.00. The van der Waals surface area contributed by atoms with Gasteiger partial charge in [-0.2, -0.15) is 5.26 Å². The Bertz CT molecular complexity index is 465. The van der Waals surface area contributed by atoms with Gasteiger partial charge in [-0.15, -0.1) is 0 Å². The van der Waals surface area contributed by atoms with Gasteiger partial charge < -0.3 is 0 Å². The summed E-state index contributed by atoms with van der Waals surface area (Å²) >= 11 is 3.37. The molecule has 19 heavy (non-hydrogen) atoms. The van der Waals surface area contributed by atoms with Crippen LogP contribution in [-0.4, -0.2) is 30.3 Å². The topological polar surface area (TPSA) is 44.1 Å². The maximum Gasteiger partial charge on any atom is 0.176 e. The van der Waals surface area contributed by atoms with Gasteiger partial charge in [0.15, 0.2) is 5.78 Å². The average Bonchev–Trinajstić information content (AvgIpc) is 2.35. The van der Waals surface area contributed by atoms with Crippen molar-refractivity contribution < 1.29 is 4.79 Å². The first kappa shape index (κ1) is 15.9. The van der Waals surface area contributed by atoms with Crippen LogP contribution in [0.1, 0.15) is 30.6 Å². The molecule has 0 aliphatic heterocycles. The molecule has 0 atom stereocenters. The van der Waals surface area contributed by atoms with Crippen LogP contribution in [0, 0.1) is 17.2 Å². The van der Waals surface area contributed by atoms with Gasteiger partial charge in [-0.1, -0.05) is 41.9 Å². The van der Waals surface area contributed by atoms with Gasteiger partial charge in [0.1, 0.15) is 0 Å². The monoisotopic (exact) mass is 322 g/mol. The molecule has 0 saturated heterocycles. The van der Waals surface area contributed by atoms with Crippen LogP contribution in [0.25, 0.3) is 0 Å². The molecule has 0 amide bonds. The number of halogens is 1. The van der Waals surface area contributed by atoms with Crippen LogP contribution in [0.2, 0.25) is 0 Å². The number of carbonyl (C=O) groups excluding carboxylic acids is 1. The van der Waals surface area contributed by atoms with Gasteiger partial charge in [0, 0.05) is 29.5 Å². The number of benzene rings is 1. The average molecular weight is 323 g/mol. The molecule has 3 nitrogen and oxygen atoms in total. The molecule has 1 rings (SSSR count). The molecule has 4 heteroatoms. The fourth-order valence-electron chi connectivity index (χ4n) is 1.92. The first-order valence-corrected chi connectivity index (χ1v) is 7.20. The van der Waals surface area contributed by atoms with Crippen LogP contribution < -0.4 is 0 Å². The molecule has 0 N–H and O–H groups in total. The second-order valence-electron chi connectivity index (χ2n) is 4.97. The Labute approximate surface area is 123 Å². The molecule has 0 spiro atoms. The molecule has 0 saturated carbocycles. The first-order chi connectivity index (χ1) is 9.02. The molecular formula is C15H19BrN2O. The Balaban J connectivity index is 2.67. The van der Waals surface area contributed by atoms with Crippen LogP contribution in [0.3, 0.4) is 0 Å². The van der Waals surface area contributed by atoms with Gasteiger partial charge in [-0.25, -0.2) is 0 Å². The van der Waals surface area contributed by atoms with Crippen LogP contribution in [0.15, 0.2) is 28.7 Å². The molecule has 0 radical (unpaired) electrons. The summed E-state index contributed by atoms with van der Waals surface area (Å²) in [5.41, 5.74) is 0.708. The molecule has 0 fully saturated rings. The summed E-state index contributed by atoms with van der Waals surface area (Å²) in [5, 5.41) is 8.67. The van der Waals surface area contributed by atoms with E-state index >= 15 is 0 Å². The van der Waals surface area contributed by atoms with Crippen molar-refractivity contribution >= 4 is 21.7 Å². The summed E-state index contributed by atoms with van der Waals surface area (Å²) in [7, 11) is 0. The van der Waals surface area contributed by atoms with Crippen molar-refractivity contribution in [2.24, 2.45) is 5.92 Å². The Morgan fingerprint density at radius 2 is 2.21 bits per heavy atom. The fourth-order valence-corrected chi connectivity index (χ4v) is 2.31. The lowest BCUT2D eigenvalue weighted by Gasteiger charge is -2.22. The van der Waals surface area contributed by atoms with Crippen molar-refractivity contribution in [3.8, 4) is 6.07 Å². The summed E-state index contributed by atoms with van der Waals surface area (Å²) < 4.78 is 0.908. The number of rotatable bonds is 7. The molecule has 1 aromatic rings. The summed E-state index contributed by atoms with van der Waals surface area (Å²) in [5.74, 6) is 0.578. The maximum absolute atomic E-state index is 12.2. The highest BCUT2D eigenvalue weighted by molar-refractivity contribution is 9.10. The molecule has 0 aliphatic rings. The van der Waals surface area contributed by atoms with E-state index in [1.807, 2.05) is 24.3 Å². The number of carbonyl (C=O) groups is 1. The largest absolute Gasteiger partial charge is 0.295 e. The van der Waals surface area contributed by atoms with Crippen LogP contribution in [0.5, 0.6) is 0 Å². The number of nitriles is 1. The number of hydrogen-bond donors (Lipinski definition) is 0. The lowest BCUT2D eigenvalue weighted by atomic mass is 10.1. The van der Waals surface area contributed by atoms with Crippen LogP contribution in [0.4, 0.5) is 0 Å². The van der Waals surface area contributed by atoms with E-state index in [1.165, 1.54) is 0 Å². The summed E-state index contributed by atoms with van der Waals surface area (Å²) in [6, 6.07) is 9.55. The molecular weight excluding hydrogens is 304 g/mol. The SMILES string of the molecule is CC(C)CN(CCC#N)CC(=O)c1cccc(Br)c1. The molecule has 0 heterocycles. The number of Topliss-reactive ketones (excluding diaryl/α,β-unsaturated/α-hetero) is 1. The van der Waals surface area contributed by atoms with E-state index in [2.05, 4.69) is 40.7 Å². The molecule has 0 aliphatic carbocycles. The van der Waals surface area contributed by atoms with Gasteiger partial charge in [0.05, 0.1) is 12.6 Å². The predicted octanol–water partition coefficient (Wildman–Crippen LogP) is 3.50. The van der Waals surface area contributed by atoms with Crippen molar-refractivity contribution in [2.45, 2.75) is 20.3 Å². The Morgan fingerprint density at radius 1 is 1.47 bits per heavy atom. The summed E-state index contributed by atoms with van der Waals surface area (Å²) in [6.07, 6.45) is 0.457. The number of ketones is 1. The normalized spacial score (nSPS) is 10.7. The third-order valence-corrected chi connectivity index (χ3v) is 3.17. The lowest BCUT2D eigenvalue weighted by molar-refractivity contribution is 0.0923. The molecule has 1 aromatic carbocycles. The zero-order valence-electron chi connectivity index (χ0n) is 11.4. The van der Waals surface area contributed by atoms with Gasteiger partial charge >= 0.3 is 0 Å². The highest BCUT2D eigenvalue weighted by Gasteiger charge is 2.13. The minimum atomic E-state index is 0.0971. The van der Waals surface area contributed by atoms with E-state index in [0.717, 1.165) is 11.0 Å². The van der Waals surface area contributed by atoms with Gasteiger partial charge in [0.25, 0.3) is 0 Å². The van der Waals surface area contributed by atoms with Gasteiger partial charge in [-0.3, -0.25) is 9.69 Å². The lowest BCUT2D eigenvalue weighted by Crippen LogP contribution is -2.33. The van der Waals surface area contributed by atoms with Gasteiger partial charge in [0.2, 0.25) is 0 Å². The summed E-state index contributed by atoms with van der Waals surface area (Å²) in [4.78, 5) is 14.3. The van der Waals surface area contributed by atoms with Gasteiger partial charge in [-0.05, 0) is 18.1 Å². The van der Waals surface area contributed by atoms with Crippen molar-refractivity contribution in [3.63, 3.8) is 0 Å². The minimum Gasteiger partial charge on any atom is -0.295 e. The third-order valence-electron chi connectivity index (χ3n) is 2.68. The second kappa shape index (κ2) is 8.08. The minimum absolute atomic E-state index is 0.0971. The molecule has 102 valence electrons. The zero-order chi connectivity index (χ0) is 14.3. The smallest absolute Gasteiger partial charge is 0.176 e.